The van der Waals surface area contributed by atoms with E-state index in [1.807, 2.05) is 0 Å². The number of rotatable bonds is 7. The van der Waals surface area contributed by atoms with Crippen molar-refractivity contribution in [2.24, 2.45) is 0 Å². The number of carbonyl (C=O) groups is 4. The fraction of sp³-hybridized carbons (Fsp3) is 0.100. The number of benzene rings is 2. The van der Waals surface area contributed by atoms with Gasteiger partial charge in [-0.15, -0.1) is 0 Å². The second kappa shape index (κ2) is 8.70. The lowest BCUT2D eigenvalue weighted by atomic mass is 10.1. The first-order valence-electron chi connectivity index (χ1n) is 8.34. The van der Waals surface area contributed by atoms with E-state index in [9.17, 15) is 19.2 Å². The standard InChI is InChI=1S/C20H15NO8/c22-15(13-3-6-16-17(9-13)29-11-28-16)10-27-20(26)12-1-4-14(5-2-12)21-18(23)7-8-19(24)25/h1-9H,10-11H2,(H,21,23)(H,24,25)/b8-7+. The number of anilines is 1. The third kappa shape index (κ3) is 5.19. The number of amides is 1. The first kappa shape index (κ1) is 19.6. The first-order valence-corrected chi connectivity index (χ1v) is 8.34. The highest BCUT2D eigenvalue weighted by Gasteiger charge is 2.17. The largest absolute Gasteiger partial charge is 0.478 e. The number of carboxylic acid groups (broad SMARTS) is 1. The number of hydrogen-bond acceptors (Lipinski definition) is 7. The number of nitrogens with one attached hydrogen (secondary N) is 1. The molecule has 0 radical (unpaired) electrons. The Labute approximate surface area is 164 Å². The number of ketones is 1. The van der Waals surface area contributed by atoms with Gasteiger partial charge >= 0.3 is 11.9 Å². The van der Waals surface area contributed by atoms with Crippen LogP contribution >= 0.6 is 0 Å². The highest BCUT2D eigenvalue weighted by Crippen LogP contribution is 2.32. The van der Waals surface area contributed by atoms with Gasteiger partial charge in [-0.25, -0.2) is 9.59 Å². The number of hydrogen-bond donors (Lipinski definition) is 2. The average molecular weight is 397 g/mol. The van der Waals surface area contributed by atoms with Crippen molar-refractivity contribution in [1.29, 1.82) is 0 Å². The van der Waals surface area contributed by atoms with E-state index in [0.29, 0.717) is 28.8 Å². The summed E-state index contributed by atoms with van der Waals surface area (Å²) in [5.41, 5.74) is 0.870. The molecule has 9 heteroatoms. The average Bonchev–Trinajstić information content (AvgIpc) is 3.18. The van der Waals surface area contributed by atoms with Crippen molar-refractivity contribution >= 4 is 29.3 Å². The highest BCUT2D eigenvalue weighted by atomic mass is 16.7. The van der Waals surface area contributed by atoms with Crippen LogP contribution in [0.2, 0.25) is 0 Å². The van der Waals surface area contributed by atoms with E-state index in [1.54, 1.807) is 12.1 Å². The van der Waals surface area contributed by atoms with Gasteiger partial charge in [-0.1, -0.05) is 0 Å². The summed E-state index contributed by atoms with van der Waals surface area (Å²) in [5.74, 6) is -1.97. The number of fused-ring (bicyclic) bond motifs is 1. The Morgan fingerprint density at radius 1 is 0.966 bits per heavy atom. The number of esters is 1. The summed E-state index contributed by atoms with van der Waals surface area (Å²) in [6.45, 7) is -0.356. The van der Waals surface area contributed by atoms with E-state index in [4.69, 9.17) is 19.3 Å². The second-order valence-corrected chi connectivity index (χ2v) is 5.81. The number of ether oxygens (including phenoxy) is 3. The molecule has 2 N–H and O–H groups in total. The monoisotopic (exact) mass is 397 g/mol. The van der Waals surface area contributed by atoms with E-state index in [0.717, 1.165) is 6.08 Å². The molecule has 0 saturated carbocycles. The maximum Gasteiger partial charge on any atom is 0.338 e. The molecule has 0 spiro atoms. The van der Waals surface area contributed by atoms with Crippen molar-refractivity contribution in [2.45, 2.75) is 0 Å². The summed E-state index contributed by atoms with van der Waals surface area (Å²) in [6.07, 6.45) is 1.57. The van der Waals surface area contributed by atoms with Crippen LogP contribution in [-0.4, -0.2) is 42.1 Å². The van der Waals surface area contributed by atoms with Crippen molar-refractivity contribution in [2.75, 3.05) is 18.7 Å². The Balaban J connectivity index is 1.53. The molecule has 0 unspecified atom stereocenters. The summed E-state index contributed by atoms with van der Waals surface area (Å²) in [7, 11) is 0. The molecule has 0 aromatic heterocycles. The van der Waals surface area contributed by atoms with Crippen molar-refractivity contribution in [1.82, 2.24) is 0 Å². The Kier molecular flexibility index (Phi) is 5.88. The molecule has 2 aromatic rings. The van der Waals surface area contributed by atoms with Crippen LogP contribution in [-0.2, 0) is 14.3 Å². The summed E-state index contributed by atoms with van der Waals surface area (Å²) in [5, 5.41) is 10.9. The molecule has 29 heavy (non-hydrogen) atoms. The van der Waals surface area contributed by atoms with Gasteiger partial charge in [-0.05, 0) is 42.5 Å². The van der Waals surface area contributed by atoms with Crippen molar-refractivity contribution in [3.05, 3.63) is 65.7 Å². The van der Waals surface area contributed by atoms with Crippen LogP contribution in [0.25, 0.3) is 0 Å². The molecule has 2 aromatic carbocycles. The van der Waals surface area contributed by atoms with E-state index >= 15 is 0 Å². The Hall–Kier alpha value is -4.14. The van der Waals surface area contributed by atoms with Gasteiger partial charge in [-0.3, -0.25) is 9.59 Å². The van der Waals surface area contributed by atoms with Gasteiger partial charge in [0, 0.05) is 23.4 Å². The fourth-order valence-corrected chi connectivity index (χ4v) is 2.39. The Morgan fingerprint density at radius 2 is 1.66 bits per heavy atom. The van der Waals surface area contributed by atoms with Crippen molar-refractivity contribution in [3.8, 4) is 11.5 Å². The van der Waals surface area contributed by atoms with Crippen LogP contribution in [0.3, 0.4) is 0 Å². The van der Waals surface area contributed by atoms with E-state index in [1.165, 1.54) is 30.3 Å². The van der Waals surface area contributed by atoms with Crippen LogP contribution in [0.15, 0.2) is 54.6 Å². The van der Waals surface area contributed by atoms with Gasteiger partial charge in [0.2, 0.25) is 12.7 Å². The topological polar surface area (TPSA) is 128 Å². The minimum atomic E-state index is -1.24. The third-order valence-electron chi connectivity index (χ3n) is 3.79. The number of aliphatic carboxylic acids is 1. The predicted octanol–water partition coefficient (Wildman–Crippen LogP) is 2.03. The van der Waals surface area contributed by atoms with Gasteiger partial charge in [0.25, 0.3) is 0 Å². The van der Waals surface area contributed by atoms with Crippen LogP contribution in [0.5, 0.6) is 11.5 Å². The molecule has 1 aliphatic rings. The molecule has 0 fully saturated rings. The van der Waals surface area contributed by atoms with E-state index in [2.05, 4.69) is 5.32 Å². The SMILES string of the molecule is O=C(O)/C=C/C(=O)Nc1ccc(C(=O)OCC(=O)c2ccc3c(c2)OCO3)cc1. The first-order chi connectivity index (χ1) is 13.9. The number of Topliss-reactive ketones (excluding diaryl/α,β-unsaturated/α-hetero) is 1. The zero-order valence-corrected chi connectivity index (χ0v) is 14.9. The highest BCUT2D eigenvalue weighted by molar-refractivity contribution is 6.03. The van der Waals surface area contributed by atoms with Gasteiger partial charge in [0.05, 0.1) is 5.56 Å². The summed E-state index contributed by atoms with van der Waals surface area (Å²) in [6, 6.07) is 10.4. The molecule has 3 rings (SSSR count). The van der Waals surface area contributed by atoms with Crippen LogP contribution in [0, 0.1) is 0 Å². The summed E-state index contributed by atoms with van der Waals surface area (Å²) >= 11 is 0. The molecular weight excluding hydrogens is 382 g/mol. The summed E-state index contributed by atoms with van der Waals surface area (Å²) < 4.78 is 15.4. The van der Waals surface area contributed by atoms with Gasteiger partial charge in [-0.2, -0.15) is 0 Å². The lowest BCUT2D eigenvalue weighted by molar-refractivity contribution is -0.131. The number of carbonyl (C=O) groups excluding carboxylic acids is 3. The molecule has 0 aliphatic carbocycles. The van der Waals surface area contributed by atoms with Gasteiger partial charge in [0.1, 0.15) is 0 Å². The Morgan fingerprint density at radius 3 is 2.38 bits per heavy atom. The normalized spacial score (nSPS) is 11.9. The number of carboxylic acids is 1. The van der Waals surface area contributed by atoms with Crippen molar-refractivity contribution < 1.29 is 38.5 Å². The zero-order valence-electron chi connectivity index (χ0n) is 14.9. The zero-order chi connectivity index (χ0) is 20.8. The van der Waals surface area contributed by atoms with Crippen LogP contribution < -0.4 is 14.8 Å². The molecule has 1 heterocycles. The minimum Gasteiger partial charge on any atom is -0.478 e. The lowest BCUT2D eigenvalue weighted by Gasteiger charge is -2.06. The van der Waals surface area contributed by atoms with Gasteiger partial charge in [0.15, 0.2) is 23.9 Å². The molecular formula is C20H15NO8. The predicted molar refractivity (Wildman–Crippen MR) is 99.0 cm³/mol. The van der Waals surface area contributed by atoms with Crippen molar-refractivity contribution in [3.63, 3.8) is 0 Å². The van der Waals surface area contributed by atoms with Crippen LogP contribution in [0.1, 0.15) is 20.7 Å². The molecule has 0 bridgehead atoms. The molecule has 0 atom stereocenters. The molecule has 9 nitrogen and oxygen atoms in total. The van der Waals surface area contributed by atoms with Crippen LogP contribution in [0.4, 0.5) is 5.69 Å². The molecule has 1 amide bonds. The van der Waals surface area contributed by atoms with E-state index < -0.39 is 30.2 Å². The maximum absolute atomic E-state index is 12.2. The smallest absolute Gasteiger partial charge is 0.338 e. The Bertz CT molecular complexity index is 994. The summed E-state index contributed by atoms with van der Waals surface area (Å²) in [4.78, 5) is 46.2. The maximum atomic E-state index is 12.2. The molecule has 0 saturated heterocycles. The van der Waals surface area contributed by atoms with E-state index in [-0.39, 0.29) is 12.4 Å². The fourth-order valence-electron chi connectivity index (χ4n) is 2.39. The van der Waals surface area contributed by atoms with Gasteiger partial charge < -0.3 is 24.6 Å². The molecule has 148 valence electrons. The quantitative estimate of drug-likeness (QED) is 0.413. The minimum absolute atomic E-state index is 0.0915. The third-order valence-corrected chi connectivity index (χ3v) is 3.79. The lowest BCUT2D eigenvalue weighted by Crippen LogP contribution is -2.14. The second-order valence-electron chi connectivity index (χ2n) is 5.81. The molecule has 1 aliphatic heterocycles.